The van der Waals surface area contributed by atoms with Crippen molar-refractivity contribution in [3.63, 3.8) is 0 Å². The molecule has 3 rings (SSSR count). The van der Waals surface area contributed by atoms with Crippen LogP contribution in [0.3, 0.4) is 0 Å². The largest absolute Gasteiger partial charge is 0.507 e. The van der Waals surface area contributed by atoms with Gasteiger partial charge in [-0.25, -0.2) is 0 Å². The second-order valence-electron chi connectivity index (χ2n) is 6.08. The van der Waals surface area contributed by atoms with Crippen LogP contribution in [0.1, 0.15) is 11.1 Å². The first-order valence-electron chi connectivity index (χ1n) is 7.97. The van der Waals surface area contributed by atoms with Crippen LogP contribution in [-0.4, -0.2) is 21.4 Å². The van der Waals surface area contributed by atoms with Crippen LogP contribution in [0.2, 0.25) is 5.02 Å². The van der Waals surface area contributed by atoms with Gasteiger partial charge in [-0.3, -0.25) is 4.79 Å². The van der Waals surface area contributed by atoms with Gasteiger partial charge in [-0.15, -0.1) is 0 Å². The smallest absolute Gasteiger partial charge is 0.416 e. The van der Waals surface area contributed by atoms with E-state index in [1.165, 1.54) is 31.3 Å². The molecule has 0 saturated carbocycles. The van der Waals surface area contributed by atoms with Gasteiger partial charge >= 0.3 is 6.18 Å². The summed E-state index contributed by atoms with van der Waals surface area (Å²) in [6, 6.07) is 7.30. The summed E-state index contributed by atoms with van der Waals surface area (Å²) >= 11 is 6.01. The lowest BCUT2D eigenvalue weighted by molar-refractivity contribution is -0.137. The fourth-order valence-electron chi connectivity index (χ4n) is 3.14. The molecule has 2 aromatic carbocycles. The minimum Gasteiger partial charge on any atom is -0.507 e. The number of phenols is 1. The number of aromatic hydroxyl groups is 1. The molecule has 142 valence electrons. The maximum Gasteiger partial charge on any atom is 0.416 e. The number of rotatable bonds is 3. The first-order chi connectivity index (χ1) is 12.6. The quantitative estimate of drug-likeness (QED) is 0.699. The lowest BCUT2D eigenvalue weighted by Crippen LogP contribution is -2.24. The van der Waals surface area contributed by atoms with Crippen molar-refractivity contribution >= 4 is 22.5 Å². The van der Waals surface area contributed by atoms with Gasteiger partial charge < -0.3 is 14.8 Å². The second-order valence-corrected chi connectivity index (χ2v) is 6.52. The van der Waals surface area contributed by atoms with E-state index >= 15 is 0 Å². The van der Waals surface area contributed by atoms with E-state index in [0.29, 0.717) is 10.4 Å². The van der Waals surface area contributed by atoms with E-state index in [-0.39, 0.29) is 41.0 Å². The Kier molecular flexibility index (Phi) is 4.92. The Balaban J connectivity index is 2.49. The highest BCUT2D eigenvalue weighted by Gasteiger charge is 2.31. The van der Waals surface area contributed by atoms with Gasteiger partial charge in [-0.05, 0) is 30.3 Å². The van der Waals surface area contributed by atoms with E-state index in [1.54, 1.807) is 0 Å². The molecule has 0 bridgehead atoms. The number of aryl methyl sites for hydroxylation is 1. The van der Waals surface area contributed by atoms with Gasteiger partial charge in [0.25, 0.3) is 5.56 Å². The Labute approximate surface area is 157 Å². The Morgan fingerprint density at radius 1 is 1.15 bits per heavy atom. The Morgan fingerprint density at radius 3 is 2.48 bits per heavy atom. The molecule has 0 unspecified atom stereocenters. The van der Waals surface area contributed by atoms with Crippen LogP contribution in [0.4, 0.5) is 13.2 Å². The molecule has 0 radical (unpaired) electrons. The van der Waals surface area contributed by atoms with Gasteiger partial charge in [0.1, 0.15) is 5.75 Å². The van der Waals surface area contributed by atoms with Crippen LogP contribution in [0, 0.1) is 0 Å². The van der Waals surface area contributed by atoms with Crippen molar-refractivity contribution in [2.24, 2.45) is 7.05 Å². The van der Waals surface area contributed by atoms with Gasteiger partial charge in [0.15, 0.2) is 0 Å². The highest BCUT2D eigenvalue weighted by molar-refractivity contribution is 6.31. The van der Waals surface area contributed by atoms with E-state index in [2.05, 4.69) is 0 Å². The number of aromatic nitrogens is 1. The standard InChI is InChI=1S/C19H15ClF3NO3/c1-24-15-8-10(19(21,22)23)2-4-12(15)17(13(6-7-25)18(24)27)14-9-11(20)3-5-16(14)26/h2-5,8-9,25-26H,6-7H2,1H3. The molecular formula is C19H15ClF3NO3. The summed E-state index contributed by atoms with van der Waals surface area (Å²) in [4.78, 5) is 12.8. The molecule has 1 aromatic heterocycles. The molecule has 0 amide bonds. The van der Waals surface area contributed by atoms with Crippen LogP contribution >= 0.6 is 11.6 Å². The zero-order valence-electron chi connectivity index (χ0n) is 14.1. The number of nitrogens with zero attached hydrogens (tertiary/aromatic N) is 1. The average Bonchev–Trinajstić information content (AvgIpc) is 2.61. The molecule has 4 nitrogen and oxygen atoms in total. The number of hydrogen-bond acceptors (Lipinski definition) is 3. The maximum absolute atomic E-state index is 13.1. The number of aliphatic hydroxyl groups is 1. The normalized spacial score (nSPS) is 11.9. The van der Waals surface area contributed by atoms with Crippen molar-refractivity contribution < 1.29 is 23.4 Å². The van der Waals surface area contributed by atoms with Crippen molar-refractivity contribution in [2.45, 2.75) is 12.6 Å². The third-order valence-electron chi connectivity index (χ3n) is 4.41. The predicted octanol–water partition coefficient (Wildman–Crippen LogP) is 4.12. The summed E-state index contributed by atoms with van der Waals surface area (Å²) in [7, 11) is 1.37. The van der Waals surface area contributed by atoms with Gasteiger partial charge in [0.2, 0.25) is 0 Å². The summed E-state index contributed by atoms with van der Waals surface area (Å²) in [5, 5.41) is 20.3. The maximum atomic E-state index is 13.1. The van der Waals surface area contributed by atoms with Gasteiger partial charge in [-0.2, -0.15) is 13.2 Å². The predicted molar refractivity (Wildman–Crippen MR) is 97.1 cm³/mol. The summed E-state index contributed by atoms with van der Waals surface area (Å²) < 4.78 is 40.4. The fraction of sp³-hybridized carbons (Fsp3) is 0.211. The van der Waals surface area contributed by atoms with Crippen molar-refractivity contribution in [1.82, 2.24) is 4.57 Å². The Morgan fingerprint density at radius 2 is 1.85 bits per heavy atom. The van der Waals surface area contributed by atoms with Crippen LogP contribution in [0.15, 0.2) is 41.2 Å². The number of pyridine rings is 1. The van der Waals surface area contributed by atoms with Gasteiger partial charge in [-0.1, -0.05) is 17.7 Å². The SMILES string of the molecule is Cn1c(=O)c(CCO)c(-c2cc(Cl)ccc2O)c2ccc(C(F)(F)F)cc21. The molecule has 0 aliphatic heterocycles. The fourth-order valence-corrected chi connectivity index (χ4v) is 3.31. The zero-order valence-corrected chi connectivity index (χ0v) is 14.9. The third-order valence-corrected chi connectivity index (χ3v) is 4.65. The summed E-state index contributed by atoms with van der Waals surface area (Å²) in [5.74, 6) is -0.173. The van der Waals surface area contributed by atoms with Crippen LogP contribution in [0.25, 0.3) is 22.0 Å². The molecule has 3 aromatic rings. The lowest BCUT2D eigenvalue weighted by Gasteiger charge is -2.18. The number of aliphatic hydroxyl groups excluding tert-OH is 1. The number of phenolic OH excluding ortho intramolecular Hbond substituents is 1. The van der Waals surface area contributed by atoms with Crippen molar-refractivity contribution in [1.29, 1.82) is 0 Å². The van der Waals surface area contributed by atoms with E-state index in [1.807, 2.05) is 0 Å². The molecule has 8 heteroatoms. The molecule has 27 heavy (non-hydrogen) atoms. The van der Waals surface area contributed by atoms with E-state index in [4.69, 9.17) is 11.6 Å². The van der Waals surface area contributed by atoms with Crippen LogP contribution in [0.5, 0.6) is 5.75 Å². The lowest BCUT2D eigenvalue weighted by atomic mass is 9.93. The Bertz CT molecular complexity index is 1090. The molecule has 2 N–H and O–H groups in total. The zero-order chi connectivity index (χ0) is 19.9. The molecule has 0 aliphatic carbocycles. The highest BCUT2D eigenvalue weighted by Crippen LogP contribution is 2.39. The highest BCUT2D eigenvalue weighted by atomic mass is 35.5. The molecule has 0 aliphatic rings. The van der Waals surface area contributed by atoms with Gasteiger partial charge in [0.05, 0.1) is 11.1 Å². The molecule has 0 fully saturated rings. The van der Waals surface area contributed by atoms with Gasteiger partial charge in [0, 0.05) is 47.2 Å². The number of halogens is 4. The first kappa shape index (κ1) is 19.3. The van der Waals surface area contributed by atoms with Crippen molar-refractivity contribution in [3.8, 4) is 16.9 Å². The van der Waals surface area contributed by atoms with E-state index in [9.17, 15) is 28.2 Å². The molecular weight excluding hydrogens is 383 g/mol. The first-order valence-corrected chi connectivity index (χ1v) is 8.35. The molecule has 0 saturated heterocycles. The minimum absolute atomic E-state index is 0.0229. The summed E-state index contributed by atoms with van der Waals surface area (Å²) in [6.45, 7) is -0.338. The van der Waals surface area contributed by atoms with E-state index < -0.39 is 17.3 Å². The van der Waals surface area contributed by atoms with Crippen molar-refractivity contribution in [2.75, 3.05) is 6.61 Å². The third kappa shape index (κ3) is 3.40. The van der Waals surface area contributed by atoms with E-state index in [0.717, 1.165) is 16.7 Å². The topological polar surface area (TPSA) is 62.5 Å². The Hall–Kier alpha value is -2.51. The minimum atomic E-state index is -4.56. The molecule has 0 atom stereocenters. The summed E-state index contributed by atoms with van der Waals surface area (Å²) in [6.07, 6.45) is -4.59. The summed E-state index contributed by atoms with van der Waals surface area (Å²) in [5.41, 5.74) is -0.716. The molecule has 1 heterocycles. The van der Waals surface area contributed by atoms with Crippen molar-refractivity contribution in [3.05, 3.63) is 62.9 Å². The number of benzene rings is 2. The number of alkyl halides is 3. The second kappa shape index (κ2) is 6.90. The number of hydrogen-bond donors (Lipinski definition) is 2. The monoisotopic (exact) mass is 397 g/mol. The van der Waals surface area contributed by atoms with Crippen LogP contribution in [-0.2, 0) is 19.6 Å². The molecule has 0 spiro atoms. The average molecular weight is 398 g/mol. The van der Waals surface area contributed by atoms with Crippen LogP contribution < -0.4 is 5.56 Å². The number of fused-ring (bicyclic) bond motifs is 1.